The molecule has 0 fully saturated rings. The molecule has 3 rings (SSSR count). The summed E-state index contributed by atoms with van der Waals surface area (Å²) in [6.45, 7) is 0. The van der Waals surface area contributed by atoms with Crippen molar-refractivity contribution in [3.05, 3.63) is 62.3 Å². The molecule has 0 bridgehead atoms. The van der Waals surface area contributed by atoms with Gasteiger partial charge in [-0.15, -0.1) is 0 Å². The summed E-state index contributed by atoms with van der Waals surface area (Å²) < 4.78 is 21.0. The highest BCUT2D eigenvalue weighted by molar-refractivity contribution is 9.10. The molecule has 1 aliphatic heterocycles. The molecule has 2 aromatic carbocycles. The highest BCUT2D eigenvalue weighted by Gasteiger charge is 2.29. The van der Waals surface area contributed by atoms with E-state index in [-0.39, 0.29) is 11.9 Å². The van der Waals surface area contributed by atoms with Crippen molar-refractivity contribution in [1.29, 1.82) is 0 Å². The smallest absolute Gasteiger partial charge is 0.128 e. The first-order valence-corrected chi connectivity index (χ1v) is 7.72. The molecule has 1 aliphatic rings. The van der Waals surface area contributed by atoms with Gasteiger partial charge in [-0.1, -0.05) is 31.9 Å². The van der Waals surface area contributed by atoms with Gasteiger partial charge in [0.25, 0.3) is 0 Å². The van der Waals surface area contributed by atoms with Crippen LogP contribution in [-0.2, 0) is 0 Å². The number of aliphatic hydroxyl groups excluding tert-OH is 1. The van der Waals surface area contributed by atoms with Gasteiger partial charge in [0.15, 0.2) is 0 Å². The highest BCUT2D eigenvalue weighted by Crippen LogP contribution is 2.43. The zero-order valence-corrected chi connectivity index (χ0v) is 13.5. The first-order chi connectivity index (χ1) is 9.54. The molecule has 2 atom stereocenters. The van der Waals surface area contributed by atoms with E-state index in [2.05, 4.69) is 31.9 Å². The summed E-state index contributed by atoms with van der Waals surface area (Å²) in [4.78, 5) is 0. The van der Waals surface area contributed by atoms with Gasteiger partial charge < -0.3 is 9.84 Å². The van der Waals surface area contributed by atoms with Crippen LogP contribution in [0.2, 0.25) is 0 Å². The molecule has 20 heavy (non-hydrogen) atoms. The van der Waals surface area contributed by atoms with Crippen LogP contribution in [0.25, 0.3) is 0 Å². The van der Waals surface area contributed by atoms with E-state index in [1.807, 2.05) is 18.2 Å². The topological polar surface area (TPSA) is 29.5 Å². The number of hydrogen-bond acceptors (Lipinski definition) is 2. The third-order valence-electron chi connectivity index (χ3n) is 3.34. The maximum absolute atomic E-state index is 13.4. The molecule has 1 heterocycles. The van der Waals surface area contributed by atoms with Gasteiger partial charge in [-0.3, -0.25) is 0 Å². The molecule has 0 spiro atoms. The second-order valence-corrected chi connectivity index (χ2v) is 6.48. The van der Waals surface area contributed by atoms with Crippen molar-refractivity contribution in [2.45, 2.75) is 18.6 Å². The number of ether oxygens (including phenoxy) is 1. The molecular formula is C15H11Br2FO2. The Kier molecular flexibility index (Phi) is 3.84. The lowest BCUT2D eigenvalue weighted by atomic mass is 9.95. The molecule has 1 unspecified atom stereocenters. The van der Waals surface area contributed by atoms with Gasteiger partial charge in [0, 0.05) is 26.5 Å². The van der Waals surface area contributed by atoms with Gasteiger partial charge in [0.2, 0.25) is 0 Å². The lowest BCUT2D eigenvalue weighted by Crippen LogP contribution is -2.19. The van der Waals surface area contributed by atoms with Crippen molar-refractivity contribution in [2.75, 3.05) is 0 Å². The van der Waals surface area contributed by atoms with Crippen LogP contribution in [0.15, 0.2) is 45.3 Å². The first kappa shape index (κ1) is 14.0. The molecule has 104 valence electrons. The summed E-state index contributed by atoms with van der Waals surface area (Å²) in [6.07, 6.45) is -0.605. The Morgan fingerprint density at radius 3 is 2.70 bits per heavy atom. The SMILES string of the molecule is O[C@@H]1CC(c2cc(F)ccc2Br)Oc2ccc(Br)cc21. The standard InChI is InChI=1S/C15H11Br2FO2/c16-8-1-4-14-11(5-8)13(19)7-15(20-14)10-6-9(18)2-3-12(10)17/h1-6,13,15,19H,7H2/t13-,15?/m1/s1. The number of hydrogen-bond donors (Lipinski definition) is 1. The van der Waals surface area contributed by atoms with Gasteiger partial charge in [-0.05, 0) is 36.4 Å². The zero-order valence-electron chi connectivity index (χ0n) is 10.3. The summed E-state index contributed by atoms with van der Waals surface area (Å²) in [5.41, 5.74) is 1.46. The van der Waals surface area contributed by atoms with E-state index in [1.165, 1.54) is 12.1 Å². The minimum absolute atomic E-state index is 0.317. The van der Waals surface area contributed by atoms with Crippen molar-refractivity contribution in [3.8, 4) is 5.75 Å². The number of benzene rings is 2. The van der Waals surface area contributed by atoms with E-state index >= 15 is 0 Å². The number of aliphatic hydroxyl groups is 1. The van der Waals surface area contributed by atoms with Crippen molar-refractivity contribution in [1.82, 2.24) is 0 Å². The van der Waals surface area contributed by atoms with Crippen molar-refractivity contribution >= 4 is 31.9 Å². The molecule has 5 heteroatoms. The Morgan fingerprint density at radius 2 is 1.90 bits per heavy atom. The molecule has 1 N–H and O–H groups in total. The molecule has 0 aromatic heterocycles. The molecule has 0 saturated heterocycles. The van der Waals surface area contributed by atoms with E-state index in [0.717, 1.165) is 14.5 Å². The predicted molar refractivity (Wildman–Crippen MR) is 81.2 cm³/mol. The Bertz CT molecular complexity index is 660. The summed E-state index contributed by atoms with van der Waals surface area (Å²) in [5, 5.41) is 10.3. The van der Waals surface area contributed by atoms with Crippen LogP contribution in [0, 0.1) is 5.82 Å². The van der Waals surface area contributed by atoms with Crippen LogP contribution in [0.1, 0.15) is 29.8 Å². The molecule has 0 aliphatic carbocycles. The van der Waals surface area contributed by atoms with Crippen LogP contribution in [0.3, 0.4) is 0 Å². The quantitative estimate of drug-likeness (QED) is 0.735. The largest absolute Gasteiger partial charge is 0.485 e. The van der Waals surface area contributed by atoms with Gasteiger partial charge >= 0.3 is 0 Å². The fraction of sp³-hybridized carbons (Fsp3) is 0.200. The second-order valence-electron chi connectivity index (χ2n) is 4.71. The molecule has 0 amide bonds. The molecule has 0 radical (unpaired) electrons. The van der Waals surface area contributed by atoms with Crippen molar-refractivity contribution in [2.24, 2.45) is 0 Å². The van der Waals surface area contributed by atoms with Gasteiger partial charge in [-0.25, -0.2) is 4.39 Å². The van der Waals surface area contributed by atoms with Crippen LogP contribution >= 0.6 is 31.9 Å². The second kappa shape index (κ2) is 5.47. The van der Waals surface area contributed by atoms with Crippen LogP contribution < -0.4 is 4.74 Å². The third kappa shape index (κ3) is 2.62. The van der Waals surface area contributed by atoms with Crippen LogP contribution in [-0.4, -0.2) is 5.11 Å². The Balaban J connectivity index is 1.99. The highest BCUT2D eigenvalue weighted by atomic mass is 79.9. The summed E-state index contributed by atoms with van der Waals surface area (Å²) in [7, 11) is 0. The minimum atomic E-state index is -0.628. The molecule has 0 saturated carbocycles. The monoisotopic (exact) mass is 400 g/mol. The molecular weight excluding hydrogens is 391 g/mol. The van der Waals surface area contributed by atoms with Gasteiger partial charge in [-0.2, -0.15) is 0 Å². The van der Waals surface area contributed by atoms with E-state index in [4.69, 9.17) is 4.74 Å². The third-order valence-corrected chi connectivity index (χ3v) is 4.56. The maximum atomic E-state index is 13.4. The van der Waals surface area contributed by atoms with Gasteiger partial charge in [0.05, 0.1) is 6.10 Å². The average molecular weight is 402 g/mol. The fourth-order valence-electron chi connectivity index (χ4n) is 2.37. The minimum Gasteiger partial charge on any atom is -0.485 e. The van der Waals surface area contributed by atoms with E-state index < -0.39 is 6.10 Å². The van der Waals surface area contributed by atoms with Crippen LogP contribution in [0.4, 0.5) is 4.39 Å². The van der Waals surface area contributed by atoms with E-state index in [0.29, 0.717) is 17.7 Å². The summed E-state index contributed by atoms with van der Waals surface area (Å²) in [5.74, 6) is 0.316. The zero-order chi connectivity index (χ0) is 14.3. The Labute approximate surface area is 132 Å². The average Bonchev–Trinajstić information content (AvgIpc) is 2.42. The van der Waals surface area contributed by atoms with E-state index in [1.54, 1.807) is 6.07 Å². The lowest BCUT2D eigenvalue weighted by Gasteiger charge is -2.30. The van der Waals surface area contributed by atoms with Crippen LogP contribution in [0.5, 0.6) is 5.75 Å². The molecule has 2 aromatic rings. The number of halogens is 3. The first-order valence-electron chi connectivity index (χ1n) is 6.13. The number of rotatable bonds is 1. The number of fused-ring (bicyclic) bond motifs is 1. The van der Waals surface area contributed by atoms with E-state index in [9.17, 15) is 9.50 Å². The van der Waals surface area contributed by atoms with Crippen molar-refractivity contribution < 1.29 is 14.2 Å². The predicted octanol–water partition coefficient (Wildman–Crippen LogP) is 4.91. The lowest BCUT2D eigenvalue weighted by molar-refractivity contribution is 0.0652. The Hall–Kier alpha value is -0.910. The van der Waals surface area contributed by atoms with Crippen molar-refractivity contribution in [3.63, 3.8) is 0 Å². The molecule has 2 nitrogen and oxygen atoms in total. The fourth-order valence-corrected chi connectivity index (χ4v) is 3.25. The normalized spacial score (nSPS) is 21.2. The summed E-state index contributed by atoms with van der Waals surface area (Å²) in [6, 6.07) is 9.98. The summed E-state index contributed by atoms with van der Waals surface area (Å²) >= 11 is 6.78. The Morgan fingerprint density at radius 1 is 1.10 bits per heavy atom. The van der Waals surface area contributed by atoms with Gasteiger partial charge in [0.1, 0.15) is 17.7 Å². The maximum Gasteiger partial charge on any atom is 0.128 e.